The molecule has 1 saturated heterocycles. The normalized spacial score (nSPS) is 29.2. The Balaban J connectivity index is 1.57. The van der Waals surface area contributed by atoms with Gasteiger partial charge in [-0.2, -0.15) is 0 Å². The van der Waals surface area contributed by atoms with Crippen LogP contribution in [0.5, 0.6) is 0 Å². The third kappa shape index (κ3) is 2.62. The zero-order chi connectivity index (χ0) is 12.4. The molecule has 3 rings (SSSR count). The molecule has 2 unspecified atom stereocenters. The first-order valence-electron chi connectivity index (χ1n) is 7.35. The molecule has 3 heteroatoms. The average Bonchev–Trinajstić information content (AvgIpc) is 2.86. The lowest BCUT2D eigenvalue weighted by atomic mass is 9.75. The van der Waals surface area contributed by atoms with Gasteiger partial charge < -0.3 is 10.2 Å². The van der Waals surface area contributed by atoms with Gasteiger partial charge in [0, 0.05) is 6.54 Å². The number of rotatable bonds is 3. The minimum absolute atomic E-state index is 0.505. The summed E-state index contributed by atoms with van der Waals surface area (Å²) in [6.45, 7) is 3.97. The van der Waals surface area contributed by atoms with E-state index in [-0.39, 0.29) is 0 Å². The van der Waals surface area contributed by atoms with Crippen molar-refractivity contribution in [1.82, 2.24) is 4.90 Å². The fraction of sp³-hybridized carbons (Fsp3) is 0.733. The molecule has 1 aliphatic heterocycles. The molecule has 0 radical (unpaired) electrons. The van der Waals surface area contributed by atoms with Gasteiger partial charge in [-0.25, -0.2) is 0 Å². The van der Waals surface area contributed by atoms with E-state index in [1.54, 1.807) is 0 Å². The van der Waals surface area contributed by atoms with E-state index in [1.165, 1.54) is 45.2 Å². The van der Waals surface area contributed by atoms with Gasteiger partial charge in [-0.05, 0) is 43.4 Å². The highest BCUT2D eigenvalue weighted by Crippen LogP contribution is 2.36. The maximum Gasteiger partial charge on any atom is 0.118 e. The molecule has 2 atom stereocenters. The van der Waals surface area contributed by atoms with E-state index in [1.807, 2.05) is 6.07 Å². The van der Waals surface area contributed by atoms with Crippen LogP contribution in [0.2, 0.25) is 0 Å². The van der Waals surface area contributed by atoms with E-state index < -0.39 is 0 Å². The van der Waals surface area contributed by atoms with E-state index in [0.717, 1.165) is 29.9 Å². The molecule has 2 fully saturated rings. The summed E-state index contributed by atoms with van der Waals surface area (Å²) in [7, 11) is 0. The van der Waals surface area contributed by atoms with Crippen LogP contribution >= 0.6 is 0 Å². The molecule has 1 aromatic rings. The lowest BCUT2D eigenvalue weighted by molar-refractivity contribution is 0.0772. The number of likely N-dealkylation sites (tertiary alicyclic amines) is 1. The van der Waals surface area contributed by atoms with Crippen molar-refractivity contribution in [1.29, 1.82) is 0 Å². The van der Waals surface area contributed by atoms with Crippen LogP contribution in [0.15, 0.2) is 16.5 Å². The predicted octanol–water partition coefficient (Wildman–Crippen LogP) is 2.75. The van der Waals surface area contributed by atoms with Crippen LogP contribution in [0.3, 0.4) is 0 Å². The number of hydrogen-bond acceptors (Lipinski definition) is 3. The Morgan fingerprint density at radius 2 is 1.89 bits per heavy atom. The number of hydrogen-bond donors (Lipinski definition) is 1. The molecule has 0 spiro atoms. The van der Waals surface area contributed by atoms with E-state index in [0.29, 0.717) is 6.54 Å². The second-order valence-electron chi connectivity index (χ2n) is 5.90. The Labute approximate surface area is 109 Å². The molecule has 2 heterocycles. The van der Waals surface area contributed by atoms with Gasteiger partial charge in [-0.3, -0.25) is 4.90 Å². The minimum atomic E-state index is 0.505. The van der Waals surface area contributed by atoms with Crippen molar-refractivity contribution < 1.29 is 4.42 Å². The smallest absolute Gasteiger partial charge is 0.118 e. The molecule has 18 heavy (non-hydrogen) atoms. The van der Waals surface area contributed by atoms with Crippen molar-refractivity contribution in [3.8, 4) is 0 Å². The summed E-state index contributed by atoms with van der Waals surface area (Å²) < 4.78 is 5.70. The molecule has 100 valence electrons. The zero-order valence-electron chi connectivity index (χ0n) is 11.1. The molecule has 1 aliphatic carbocycles. The molecule has 1 saturated carbocycles. The highest BCUT2D eigenvalue weighted by atomic mass is 16.3. The van der Waals surface area contributed by atoms with Crippen molar-refractivity contribution in [2.45, 2.75) is 45.2 Å². The van der Waals surface area contributed by atoms with Crippen LogP contribution in [0.1, 0.15) is 43.6 Å². The van der Waals surface area contributed by atoms with Crippen molar-refractivity contribution >= 4 is 0 Å². The van der Waals surface area contributed by atoms with Crippen molar-refractivity contribution in [3.05, 3.63) is 23.7 Å². The van der Waals surface area contributed by atoms with Crippen LogP contribution in [0, 0.1) is 11.8 Å². The van der Waals surface area contributed by atoms with E-state index >= 15 is 0 Å². The number of piperidine rings is 1. The third-order valence-corrected chi connectivity index (χ3v) is 4.67. The van der Waals surface area contributed by atoms with Crippen LogP contribution in [0.4, 0.5) is 0 Å². The Kier molecular flexibility index (Phi) is 3.71. The van der Waals surface area contributed by atoms with E-state index in [4.69, 9.17) is 10.2 Å². The van der Waals surface area contributed by atoms with Gasteiger partial charge >= 0.3 is 0 Å². The highest BCUT2D eigenvalue weighted by molar-refractivity contribution is 5.07. The molecule has 0 bridgehead atoms. The first kappa shape index (κ1) is 12.2. The van der Waals surface area contributed by atoms with Gasteiger partial charge in [0.05, 0.1) is 13.1 Å². The van der Waals surface area contributed by atoms with Gasteiger partial charge in [0.1, 0.15) is 11.5 Å². The summed E-state index contributed by atoms with van der Waals surface area (Å²) in [5.41, 5.74) is 5.58. The summed E-state index contributed by atoms with van der Waals surface area (Å²) in [5.74, 6) is 3.92. The van der Waals surface area contributed by atoms with Gasteiger partial charge in [0.2, 0.25) is 0 Å². The summed E-state index contributed by atoms with van der Waals surface area (Å²) in [6.07, 6.45) is 7.19. The van der Waals surface area contributed by atoms with E-state index in [2.05, 4.69) is 11.0 Å². The monoisotopic (exact) mass is 248 g/mol. The maximum absolute atomic E-state index is 5.70. The second-order valence-corrected chi connectivity index (χ2v) is 5.90. The number of nitrogens with zero attached hydrogens (tertiary/aromatic N) is 1. The summed E-state index contributed by atoms with van der Waals surface area (Å²) >= 11 is 0. The Morgan fingerprint density at radius 1 is 1.11 bits per heavy atom. The Hall–Kier alpha value is -0.800. The minimum Gasteiger partial charge on any atom is -0.463 e. The summed E-state index contributed by atoms with van der Waals surface area (Å²) in [6, 6.07) is 4.08. The molecular formula is C15H24N2O. The molecule has 3 nitrogen and oxygen atoms in total. The topological polar surface area (TPSA) is 42.4 Å². The van der Waals surface area contributed by atoms with Gasteiger partial charge in [0.15, 0.2) is 0 Å². The first-order valence-corrected chi connectivity index (χ1v) is 7.35. The SMILES string of the molecule is NCc1ccc(CN2CCC3CCCCC3C2)o1. The second kappa shape index (κ2) is 5.45. The lowest BCUT2D eigenvalue weighted by Crippen LogP contribution is -2.41. The molecule has 1 aromatic heterocycles. The standard InChI is InChI=1S/C15H24N2O/c16-9-14-5-6-15(18-14)11-17-8-7-12-3-1-2-4-13(12)10-17/h5-6,12-13H,1-4,7-11,16H2. The first-order chi connectivity index (χ1) is 8.85. The molecule has 2 N–H and O–H groups in total. The molecule has 0 aromatic carbocycles. The number of fused-ring (bicyclic) bond motifs is 1. The number of furan rings is 1. The zero-order valence-corrected chi connectivity index (χ0v) is 11.1. The molecule has 2 aliphatic rings. The quantitative estimate of drug-likeness (QED) is 0.894. The number of nitrogens with two attached hydrogens (primary N) is 1. The largest absolute Gasteiger partial charge is 0.463 e. The van der Waals surface area contributed by atoms with Crippen LogP contribution < -0.4 is 5.73 Å². The molecular weight excluding hydrogens is 224 g/mol. The van der Waals surface area contributed by atoms with Crippen molar-refractivity contribution in [2.75, 3.05) is 13.1 Å². The fourth-order valence-electron chi connectivity index (χ4n) is 3.66. The van der Waals surface area contributed by atoms with Gasteiger partial charge in [0.25, 0.3) is 0 Å². The average molecular weight is 248 g/mol. The van der Waals surface area contributed by atoms with Crippen molar-refractivity contribution in [3.63, 3.8) is 0 Å². The highest BCUT2D eigenvalue weighted by Gasteiger charge is 2.31. The Morgan fingerprint density at radius 3 is 2.67 bits per heavy atom. The van der Waals surface area contributed by atoms with Crippen LogP contribution in [-0.4, -0.2) is 18.0 Å². The molecule has 0 amide bonds. The van der Waals surface area contributed by atoms with Crippen LogP contribution in [0.25, 0.3) is 0 Å². The Bertz CT molecular complexity index is 388. The van der Waals surface area contributed by atoms with Crippen LogP contribution in [-0.2, 0) is 13.1 Å². The summed E-state index contributed by atoms with van der Waals surface area (Å²) in [5, 5.41) is 0. The lowest BCUT2D eigenvalue weighted by Gasteiger charge is -2.41. The maximum atomic E-state index is 5.70. The van der Waals surface area contributed by atoms with Gasteiger partial charge in [-0.15, -0.1) is 0 Å². The predicted molar refractivity (Wildman–Crippen MR) is 71.9 cm³/mol. The fourth-order valence-corrected chi connectivity index (χ4v) is 3.66. The van der Waals surface area contributed by atoms with Crippen molar-refractivity contribution in [2.24, 2.45) is 17.6 Å². The van der Waals surface area contributed by atoms with Gasteiger partial charge in [-0.1, -0.05) is 19.3 Å². The summed E-state index contributed by atoms with van der Waals surface area (Å²) in [4.78, 5) is 2.56. The van der Waals surface area contributed by atoms with E-state index in [9.17, 15) is 0 Å². The third-order valence-electron chi connectivity index (χ3n) is 4.67.